The molecule has 1 saturated heterocycles. The topological polar surface area (TPSA) is 53.9 Å². The summed E-state index contributed by atoms with van der Waals surface area (Å²) in [6.45, 7) is 2.15. The van der Waals surface area contributed by atoms with E-state index in [1.165, 1.54) is 12.8 Å². The van der Waals surface area contributed by atoms with Crippen LogP contribution < -0.4 is 10.2 Å². The van der Waals surface area contributed by atoms with Gasteiger partial charge in [-0.25, -0.2) is 9.97 Å². The van der Waals surface area contributed by atoms with Crippen LogP contribution in [-0.2, 0) is 0 Å². The van der Waals surface area contributed by atoms with E-state index in [1.54, 1.807) is 6.20 Å². The molecule has 5 heteroatoms. The fourth-order valence-electron chi connectivity index (χ4n) is 2.40. The highest BCUT2D eigenvalue weighted by Gasteiger charge is 2.15. The summed E-state index contributed by atoms with van der Waals surface area (Å²) in [6, 6.07) is 7.83. The van der Waals surface area contributed by atoms with Crippen LogP contribution in [0.5, 0.6) is 0 Å². The lowest BCUT2D eigenvalue weighted by atomic mass is 10.3. The van der Waals surface area contributed by atoms with E-state index in [9.17, 15) is 0 Å². The molecule has 1 fully saturated rings. The molecule has 1 N–H and O–H groups in total. The first kappa shape index (κ1) is 13.5. The van der Waals surface area contributed by atoms with Gasteiger partial charge >= 0.3 is 0 Å². The van der Waals surface area contributed by atoms with Crippen molar-refractivity contribution in [1.82, 2.24) is 15.0 Å². The lowest BCUT2D eigenvalue weighted by molar-refractivity contribution is 0.924. The summed E-state index contributed by atoms with van der Waals surface area (Å²) < 4.78 is 0. The van der Waals surface area contributed by atoms with Crippen LogP contribution >= 0.6 is 0 Å². The molecule has 0 spiro atoms. The maximum Gasteiger partial charge on any atom is 0.156 e. The Balaban J connectivity index is 1.87. The number of pyridine rings is 1. The molecule has 0 unspecified atom stereocenters. The largest absolute Gasteiger partial charge is 0.373 e. The van der Waals surface area contributed by atoms with Gasteiger partial charge in [0.15, 0.2) is 5.82 Å². The highest BCUT2D eigenvalue weighted by atomic mass is 15.2. The molecule has 0 atom stereocenters. The van der Waals surface area contributed by atoms with Crippen molar-refractivity contribution in [3.8, 4) is 0 Å². The van der Waals surface area contributed by atoms with Gasteiger partial charge in [-0.15, -0.1) is 0 Å². The van der Waals surface area contributed by atoms with Crippen molar-refractivity contribution in [3.63, 3.8) is 0 Å². The molecule has 3 rings (SSSR count). The fraction of sp³-hybridized carbons (Fsp3) is 0.312. The third-order valence-corrected chi connectivity index (χ3v) is 3.51. The molecule has 0 radical (unpaired) electrons. The van der Waals surface area contributed by atoms with Crippen LogP contribution in [0.25, 0.3) is 12.2 Å². The summed E-state index contributed by atoms with van der Waals surface area (Å²) in [4.78, 5) is 15.7. The van der Waals surface area contributed by atoms with Crippen LogP contribution in [-0.4, -0.2) is 35.1 Å². The summed E-state index contributed by atoms with van der Waals surface area (Å²) in [6.07, 6.45) is 8.08. The number of hydrogen-bond acceptors (Lipinski definition) is 5. The van der Waals surface area contributed by atoms with Gasteiger partial charge in [0.05, 0.1) is 5.69 Å². The van der Waals surface area contributed by atoms with Crippen molar-refractivity contribution in [2.45, 2.75) is 12.8 Å². The van der Waals surface area contributed by atoms with Gasteiger partial charge in [0, 0.05) is 32.4 Å². The SMILES string of the molecule is CNc1cc(N2CCCC2)nc(/C=C/c2ccccn2)n1. The lowest BCUT2D eigenvalue weighted by Gasteiger charge is -2.17. The minimum Gasteiger partial charge on any atom is -0.373 e. The number of hydrogen-bond donors (Lipinski definition) is 1. The Morgan fingerprint density at radius 3 is 2.71 bits per heavy atom. The first-order valence-corrected chi connectivity index (χ1v) is 7.26. The van der Waals surface area contributed by atoms with Gasteiger partial charge in [0.2, 0.25) is 0 Å². The Labute approximate surface area is 124 Å². The van der Waals surface area contributed by atoms with Crippen molar-refractivity contribution in [1.29, 1.82) is 0 Å². The standard InChI is InChI=1S/C16H19N5/c1-17-15-12-16(21-10-4-5-11-21)20-14(19-15)8-7-13-6-2-3-9-18-13/h2-3,6-9,12H,4-5,10-11H2,1H3,(H,17,19,20)/b8-7+. The second kappa shape index (κ2) is 6.35. The quantitative estimate of drug-likeness (QED) is 0.933. The molecule has 5 nitrogen and oxygen atoms in total. The van der Waals surface area contributed by atoms with E-state index < -0.39 is 0 Å². The molecule has 3 heterocycles. The Bertz CT molecular complexity index is 618. The number of aromatic nitrogens is 3. The maximum absolute atomic E-state index is 4.64. The van der Waals surface area contributed by atoms with E-state index in [4.69, 9.17) is 0 Å². The predicted molar refractivity (Wildman–Crippen MR) is 86.2 cm³/mol. The molecule has 0 aliphatic carbocycles. The highest BCUT2D eigenvalue weighted by Crippen LogP contribution is 2.21. The van der Waals surface area contributed by atoms with Crippen LogP contribution in [0.2, 0.25) is 0 Å². The van der Waals surface area contributed by atoms with Crippen molar-refractivity contribution in [2.75, 3.05) is 30.4 Å². The first-order valence-electron chi connectivity index (χ1n) is 7.26. The Morgan fingerprint density at radius 1 is 1.14 bits per heavy atom. The Kier molecular flexibility index (Phi) is 4.09. The van der Waals surface area contributed by atoms with Gasteiger partial charge in [0.1, 0.15) is 11.6 Å². The lowest BCUT2D eigenvalue weighted by Crippen LogP contribution is -2.19. The first-order chi connectivity index (χ1) is 10.3. The monoisotopic (exact) mass is 281 g/mol. The molecule has 108 valence electrons. The summed E-state index contributed by atoms with van der Waals surface area (Å²) in [5.41, 5.74) is 0.902. The Morgan fingerprint density at radius 2 is 2.00 bits per heavy atom. The highest BCUT2D eigenvalue weighted by molar-refractivity contribution is 5.66. The average Bonchev–Trinajstić information content (AvgIpc) is 3.08. The number of nitrogens with one attached hydrogen (secondary N) is 1. The fourth-order valence-corrected chi connectivity index (χ4v) is 2.40. The smallest absolute Gasteiger partial charge is 0.156 e. The molecular weight excluding hydrogens is 262 g/mol. The molecule has 0 amide bonds. The summed E-state index contributed by atoms with van der Waals surface area (Å²) in [5.74, 6) is 2.54. The van der Waals surface area contributed by atoms with Crippen LogP contribution in [0, 0.1) is 0 Å². The van der Waals surface area contributed by atoms with Crippen LogP contribution in [0.4, 0.5) is 11.6 Å². The van der Waals surface area contributed by atoms with Crippen molar-refractivity contribution >= 4 is 23.8 Å². The molecular formula is C16H19N5. The van der Waals surface area contributed by atoms with Crippen LogP contribution in [0.1, 0.15) is 24.4 Å². The van der Waals surface area contributed by atoms with Crippen LogP contribution in [0.15, 0.2) is 30.5 Å². The summed E-state index contributed by atoms with van der Waals surface area (Å²) in [7, 11) is 1.88. The zero-order valence-electron chi connectivity index (χ0n) is 12.2. The van der Waals surface area contributed by atoms with E-state index in [2.05, 4.69) is 25.2 Å². The Hall–Kier alpha value is -2.43. The second-order valence-corrected chi connectivity index (χ2v) is 5.00. The van der Waals surface area contributed by atoms with Gasteiger partial charge in [-0.05, 0) is 37.1 Å². The predicted octanol–water partition coefficient (Wildman–Crippen LogP) is 2.68. The molecule has 1 aliphatic heterocycles. The van der Waals surface area contributed by atoms with Gasteiger partial charge in [-0.3, -0.25) is 4.98 Å². The van der Waals surface area contributed by atoms with Gasteiger partial charge in [-0.2, -0.15) is 0 Å². The van der Waals surface area contributed by atoms with Gasteiger partial charge < -0.3 is 10.2 Å². The second-order valence-electron chi connectivity index (χ2n) is 5.00. The third-order valence-electron chi connectivity index (χ3n) is 3.51. The summed E-state index contributed by atoms with van der Waals surface area (Å²) >= 11 is 0. The minimum atomic E-state index is 0.703. The van der Waals surface area contributed by atoms with Gasteiger partial charge in [-0.1, -0.05) is 6.07 Å². The molecule has 0 aromatic carbocycles. The normalized spacial score (nSPS) is 14.8. The molecule has 0 bridgehead atoms. The molecule has 0 saturated carbocycles. The zero-order valence-corrected chi connectivity index (χ0v) is 12.2. The molecule has 1 aliphatic rings. The summed E-state index contributed by atoms with van der Waals surface area (Å²) in [5, 5.41) is 3.10. The molecule has 21 heavy (non-hydrogen) atoms. The minimum absolute atomic E-state index is 0.703. The van der Waals surface area contributed by atoms with E-state index >= 15 is 0 Å². The van der Waals surface area contributed by atoms with Crippen molar-refractivity contribution in [2.24, 2.45) is 0 Å². The number of anilines is 2. The van der Waals surface area contributed by atoms with E-state index in [0.29, 0.717) is 5.82 Å². The van der Waals surface area contributed by atoms with E-state index in [0.717, 1.165) is 30.4 Å². The third kappa shape index (κ3) is 3.37. The number of rotatable bonds is 4. The van der Waals surface area contributed by atoms with E-state index in [-0.39, 0.29) is 0 Å². The van der Waals surface area contributed by atoms with Gasteiger partial charge in [0.25, 0.3) is 0 Å². The molecule has 2 aromatic rings. The number of nitrogens with zero attached hydrogens (tertiary/aromatic N) is 4. The van der Waals surface area contributed by atoms with Crippen molar-refractivity contribution < 1.29 is 0 Å². The van der Waals surface area contributed by atoms with Crippen LogP contribution in [0.3, 0.4) is 0 Å². The zero-order chi connectivity index (χ0) is 14.5. The van der Waals surface area contributed by atoms with Crippen molar-refractivity contribution in [3.05, 3.63) is 42.0 Å². The average molecular weight is 281 g/mol. The van der Waals surface area contributed by atoms with E-state index in [1.807, 2.05) is 43.5 Å². The molecule has 2 aromatic heterocycles. The maximum atomic E-state index is 4.64.